The van der Waals surface area contributed by atoms with Gasteiger partial charge in [-0.1, -0.05) is 43.0 Å². The number of hydrogen-bond donors (Lipinski definition) is 0. The maximum Gasteiger partial charge on any atom is 0.334 e. The van der Waals surface area contributed by atoms with E-state index in [1.165, 1.54) is 11.1 Å². The molecule has 4 heteroatoms. The van der Waals surface area contributed by atoms with E-state index < -0.39 is 0 Å². The molecule has 4 atom stereocenters. The van der Waals surface area contributed by atoms with E-state index >= 15 is 0 Å². The predicted octanol–water partition coefficient (Wildman–Crippen LogP) is 3.96. The lowest BCUT2D eigenvalue weighted by atomic mass is 9.84. The van der Waals surface area contributed by atoms with Crippen molar-refractivity contribution >= 4 is 5.97 Å². The highest BCUT2D eigenvalue weighted by Gasteiger charge is 2.61. The van der Waals surface area contributed by atoms with Gasteiger partial charge in [-0.25, -0.2) is 4.79 Å². The molecule has 2 aliphatic heterocycles. The first-order valence-corrected chi connectivity index (χ1v) is 9.44. The molecule has 1 aliphatic carbocycles. The Balaban J connectivity index is 1.41. The highest BCUT2D eigenvalue weighted by Crippen LogP contribution is 2.49. The van der Waals surface area contributed by atoms with Crippen LogP contribution in [0.2, 0.25) is 0 Å². The van der Waals surface area contributed by atoms with E-state index in [1.807, 2.05) is 18.2 Å². The van der Waals surface area contributed by atoms with Crippen LogP contribution in [-0.2, 0) is 25.6 Å². The molecule has 0 bridgehead atoms. The van der Waals surface area contributed by atoms with E-state index in [9.17, 15) is 4.79 Å². The van der Waals surface area contributed by atoms with Gasteiger partial charge < -0.3 is 14.2 Å². The van der Waals surface area contributed by atoms with Gasteiger partial charge in [-0.05, 0) is 43.7 Å². The summed E-state index contributed by atoms with van der Waals surface area (Å²) >= 11 is 0. The minimum Gasteiger partial charge on any atom is -0.455 e. The molecule has 2 saturated heterocycles. The Morgan fingerprint density at radius 1 is 1.27 bits per heavy atom. The molecule has 2 fully saturated rings. The van der Waals surface area contributed by atoms with Crippen LogP contribution in [-0.4, -0.2) is 30.4 Å². The number of allylic oxidation sites excluding steroid dienone is 1. The summed E-state index contributed by atoms with van der Waals surface area (Å²) < 4.78 is 17.5. The number of hydrogen-bond acceptors (Lipinski definition) is 4. The molecule has 4 rings (SSSR count). The molecule has 26 heavy (non-hydrogen) atoms. The van der Waals surface area contributed by atoms with Crippen LogP contribution in [0, 0.1) is 5.92 Å². The molecule has 0 saturated carbocycles. The summed E-state index contributed by atoms with van der Waals surface area (Å²) in [6.45, 7) is 7.32. The Morgan fingerprint density at radius 3 is 2.88 bits per heavy atom. The molecule has 138 valence electrons. The van der Waals surface area contributed by atoms with Gasteiger partial charge in [0.15, 0.2) is 0 Å². The Morgan fingerprint density at radius 2 is 2.08 bits per heavy atom. The van der Waals surface area contributed by atoms with Crippen LogP contribution >= 0.6 is 0 Å². The van der Waals surface area contributed by atoms with Gasteiger partial charge in [-0.3, -0.25) is 0 Å². The van der Waals surface area contributed by atoms with Crippen molar-refractivity contribution in [1.29, 1.82) is 0 Å². The fourth-order valence-corrected chi connectivity index (χ4v) is 4.13. The highest BCUT2D eigenvalue weighted by atomic mass is 16.6. The molecule has 0 aromatic heterocycles. The number of carbonyl (C=O) groups is 1. The van der Waals surface area contributed by atoms with Crippen molar-refractivity contribution in [2.75, 3.05) is 6.61 Å². The average molecular weight is 354 g/mol. The molecule has 0 amide bonds. The number of carbonyl (C=O) groups excluding carboxylic acids is 1. The van der Waals surface area contributed by atoms with Crippen molar-refractivity contribution in [3.8, 4) is 0 Å². The Labute approximate surface area is 154 Å². The summed E-state index contributed by atoms with van der Waals surface area (Å²) in [6.07, 6.45) is 5.77. The first-order chi connectivity index (χ1) is 12.6. The zero-order valence-corrected chi connectivity index (χ0v) is 15.3. The molecule has 0 spiro atoms. The van der Waals surface area contributed by atoms with Gasteiger partial charge >= 0.3 is 5.97 Å². The van der Waals surface area contributed by atoms with Crippen LogP contribution < -0.4 is 0 Å². The van der Waals surface area contributed by atoms with Crippen LogP contribution in [0.4, 0.5) is 0 Å². The quantitative estimate of drug-likeness (QED) is 0.355. The van der Waals surface area contributed by atoms with Crippen molar-refractivity contribution in [3.63, 3.8) is 0 Å². The third-order valence-corrected chi connectivity index (χ3v) is 5.84. The number of rotatable bonds is 4. The SMILES string of the molecule is C=C1C(=O)O[C@H]2[C@H]1CC/C(COCc1ccccc1)=C\CC[C@@]1(C)O[C@@H]21. The van der Waals surface area contributed by atoms with E-state index in [0.717, 1.165) is 25.7 Å². The summed E-state index contributed by atoms with van der Waals surface area (Å²) in [4.78, 5) is 12.0. The van der Waals surface area contributed by atoms with E-state index in [4.69, 9.17) is 14.2 Å². The zero-order valence-electron chi connectivity index (χ0n) is 15.3. The number of ether oxygens (including phenoxy) is 3. The van der Waals surface area contributed by atoms with E-state index in [-0.39, 0.29) is 29.7 Å². The van der Waals surface area contributed by atoms with E-state index in [2.05, 4.69) is 31.7 Å². The molecule has 0 N–H and O–H groups in total. The molecule has 4 nitrogen and oxygen atoms in total. The van der Waals surface area contributed by atoms with Crippen LogP contribution in [0.5, 0.6) is 0 Å². The predicted molar refractivity (Wildman–Crippen MR) is 98.4 cm³/mol. The molecule has 1 aromatic rings. The number of epoxide rings is 1. The van der Waals surface area contributed by atoms with Crippen molar-refractivity contribution in [1.82, 2.24) is 0 Å². The van der Waals surface area contributed by atoms with Crippen LogP contribution in [0.1, 0.15) is 38.2 Å². The first kappa shape index (κ1) is 17.5. The van der Waals surface area contributed by atoms with Gasteiger partial charge in [0.25, 0.3) is 0 Å². The van der Waals surface area contributed by atoms with Crippen molar-refractivity contribution in [2.24, 2.45) is 5.92 Å². The topological polar surface area (TPSA) is 48.1 Å². The van der Waals surface area contributed by atoms with E-state index in [0.29, 0.717) is 18.8 Å². The smallest absolute Gasteiger partial charge is 0.334 e. The van der Waals surface area contributed by atoms with Crippen molar-refractivity contribution in [2.45, 2.75) is 57.0 Å². The normalized spacial score (nSPS) is 35.7. The first-order valence-electron chi connectivity index (χ1n) is 9.44. The fraction of sp³-hybridized carbons (Fsp3) is 0.500. The maximum atomic E-state index is 12.0. The van der Waals surface area contributed by atoms with Gasteiger partial charge in [-0.15, -0.1) is 0 Å². The van der Waals surface area contributed by atoms with Gasteiger partial charge in [0.1, 0.15) is 12.2 Å². The second-order valence-electron chi connectivity index (χ2n) is 7.77. The Bertz CT molecular complexity index is 723. The number of esters is 1. The molecule has 3 aliphatic rings. The van der Waals surface area contributed by atoms with Gasteiger partial charge in [0.2, 0.25) is 0 Å². The monoisotopic (exact) mass is 354 g/mol. The standard InChI is InChI=1S/C22H26O4/c1-15-18-11-10-17(14-24-13-16-7-4-3-5-8-16)9-6-12-22(2)20(26-22)19(18)25-21(15)23/h3-5,7-9,18-20H,1,6,10-14H2,2H3/b17-9+/t18-,19-,20-,22+/m0/s1. The third-order valence-electron chi connectivity index (χ3n) is 5.84. The molecule has 0 radical (unpaired) electrons. The molecule has 0 unspecified atom stereocenters. The highest BCUT2D eigenvalue weighted by molar-refractivity contribution is 5.91. The lowest BCUT2D eigenvalue weighted by Gasteiger charge is -2.20. The van der Waals surface area contributed by atoms with Gasteiger partial charge in [0.05, 0.1) is 18.8 Å². The van der Waals surface area contributed by atoms with E-state index in [1.54, 1.807) is 0 Å². The second-order valence-corrected chi connectivity index (χ2v) is 7.77. The van der Waals surface area contributed by atoms with Gasteiger partial charge in [0, 0.05) is 11.5 Å². The summed E-state index contributed by atoms with van der Waals surface area (Å²) in [6, 6.07) is 10.2. The van der Waals surface area contributed by atoms with Crippen molar-refractivity contribution in [3.05, 3.63) is 59.7 Å². The average Bonchev–Trinajstić information content (AvgIpc) is 3.23. The summed E-state index contributed by atoms with van der Waals surface area (Å²) in [7, 11) is 0. The molecule has 2 heterocycles. The third kappa shape index (κ3) is 3.49. The van der Waals surface area contributed by atoms with Crippen molar-refractivity contribution < 1.29 is 19.0 Å². The fourth-order valence-electron chi connectivity index (χ4n) is 4.13. The molecule has 1 aromatic carbocycles. The summed E-state index contributed by atoms with van der Waals surface area (Å²) in [5, 5.41) is 0. The Kier molecular flexibility index (Phi) is 4.72. The van der Waals surface area contributed by atoms with Gasteiger partial charge in [-0.2, -0.15) is 0 Å². The minimum absolute atomic E-state index is 0.0139. The lowest BCUT2D eigenvalue weighted by molar-refractivity contribution is -0.140. The molecular weight excluding hydrogens is 328 g/mol. The molecular formula is C22H26O4. The Hall–Kier alpha value is -1.91. The van der Waals surface area contributed by atoms with Crippen LogP contribution in [0.3, 0.4) is 0 Å². The van der Waals surface area contributed by atoms with Crippen LogP contribution in [0.15, 0.2) is 54.1 Å². The van der Waals surface area contributed by atoms with Crippen LogP contribution in [0.25, 0.3) is 0 Å². The summed E-state index contributed by atoms with van der Waals surface area (Å²) in [5.74, 6) is -0.215. The second kappa shape index (κ2) is 7.01. The number of benzene rings is 1. The minimum atomic E-state index is -0.261. The maximum absolute atomic E-state index is 12.0. The lowest BCUT2D eigenvalue weighted by Crippen LogP contribution is -2.29. The summed E-state index contributed by atoms with van der Waals surface area (Å²) in [5.41, 5.74) is 2.88. The largest absolute Gasteiger partial charge is 0.455 e. The zero-order chi connectivity index (χ0) is 18.1. The number of fused-ring (bicyclic) bond motifs is 3.